The van der Waals surface area contributed by atoms with Crippen LogP contribution >= 0.6 is 0 Å². The van der Waals surface area contributed by atoms with Crippen molar-refractivity contribution in [3.05, 3.63) is 0 Å². The molecule has 0 spiro atoms. The van der Waals surface area contributed by atoms with Gasteiger partial charge in [-0.1, -0.05) is 0 Å². The zero-order valence-electron chi connectivity index (χ0n) is 6.62. The van der Waals surface area contributed by atoms with Gasteiger partial charge < -0.3 is 15.2 Å². The van der Waals surface area contributed by atoms with Crippen LogP contribution < -0.4 is 5.32 Å². The van der Waals surface area contributed by atoms with Crippen LogP contribution in [-0.4, -0.2) is 37.0 Å². The molecule has 1 aliphatic carbocycles. The molecule has 2 atom stereocenters. The molecule has 11 heavy (non-hydrogen) atoms. The fraction of sp³-hybridized carbons (Fsp3) is 1.00. The lowest BCUT2D eigenvalue weighted by Gasteiger charge is -2.29. The van der Waals surface area contributed by atoms with Gasteiger partial charge in [-0.3, -0.25) is 0 Å². The van der Waals surface area contributed by atoms with E-state index < -0.39 is 0 Å². The van der Waals surface area contributed by atoms with Crippen molar-refractivity contribution in [3.8, 4) is 0 Å². The average molecular weight is 157 g/mol. The zero-order valence-corrected chi connectivity index (χ0v) is 6.62. The smallest absolute Gasteiger partial charge is 0.0728 e. The first kappa shape index (κ1) is 7.53. The third-order valence-electron chi connectivity index (χ3n) is 2.49. The van der Waals surface area contributed by atoms with E-state index in [4.69, 9.17) is 9.84 Å². The third kappa shape index (κ3) is 1.72. The number of hydrogen-bond acceptors (Lipinski definition) is 3. The highest BCUT2D eigenvalue weighted by molar-refractivity contribution is 4.87. The van der Waals surface area contributed by atoms with Crippen molar-refractivity contribution in [3.63, 3.8) is 0 Å². The van der Waals surface area contributed by atoms with Crippen molar-refractivity contribution in [1.29, 1.82) is 0 Å². The molecule has 2 rings (SSSR count). The summed E-state index contributed by atoms with van der Waals surface area (Å²) in [6, 6.07) is 0.171. The van der Waals surface area contributed by atoms with Crippen molar-refractivity contribution in [2.24, 2.45) is 5.92 Å². The molecule has 3 nitrogen and oxygen atoms in total. The molecular weight excluding hydrogens is 142 g/mol. The maximum absolute atomic E-state index is 8.79. The zero-order chi connectivity index (χ0) is 7.68. The monoisotopic (exact) mass is 157 g/mol. The summed E-state index contributed by atoms with van der Waals surface area (Å²) in [4.78, 5) is 0. The molecule has 0 aromatic heterocycles. The van der Waals surface area contributed by atoms with Gasteiger partial charge in [0.25, 0.3) is 0 Å². The molecule has 2 unspecified atom stereocenters. The molecule has 0 aromatic rings. The summed E-state index contributed by atoms with van der Waals surface area (Å²) < 4.78 is 5.58. The van der Waals surface area contributed by atoms with Crippen LogP contribution in [0.2, 0.25) is 0 Å². The fourth-order valence-corrected chi connectivity index (χ4v) is 1.53. The van der Waals surface area contributed by atoms with Crippen LogP contribution in [0.4, 0.5) is 0 Å². The molecule has 2 fully saturated rings. The number of aliphatic hydroxyl groups excluding tert-OH is 1. The number of hydrogen-bond donors (Lipinski definition) is 2. The molecule has 3 heteroatoms. The highest BCUT2D eigenvalue weighted by Crippen LogP contribution is 2.34. The van der Waals surface area contributed by atoms with Gasteiger partial charge in [-0.25, -0.2) is 0 Å². The first-order valence-electron chi connectivity index (χ1n) is 4.36. The number of nitrogens with one attached hydrogen (secondary N) is 1. The Labute approximate surface area is 66.7 Å². The van der Waals surface area contributed by atoms with E-state index in [1.807, 2.05) is 0 Å². The normalized spacial score (nSPS) is 39.0. The highest BCUT2D eigenvalue weighted by Gasteiger charge is 2.34. The highest BCUT2D eigenvalue weighted by atomic mass is 16.5. The first-order valence-corrected chi connectivity index (χ1v) is 4.36. The number of rotatable bonds is 2. The number of ether oxygens (including phenoxy) is 1. The molecule has 2 N–H and O–H groups in total. The molecule has 1 heterocycles. The van der Waals surface area contributed by atoms with Gasteiger partial charge in [0.05, 0.1) is 25.4 Å². The molecule has 0 aromatic carbocycles. The lowest BCUT2D eigenvalue weighted by atomic mass is 10.2. The topological polar surface area (TPSA) is 41.5 Å². The standard InChI is InChI=1S/C8H15NO2/c10-4-7-5-11-8(3-9-7)6-1-2-6/h6-10H,1-5H2. The Morgan fingerprint density at radius 3 is 2.73 bits per heavy atom. The van der Waals surface area contributed by atoms with Gasteiger partial charge >= 0.3 is 0 Å². The fourth-order valence-electron chi connectivity index (χ4n) is 1.53. The summed E-state index contributed by atoms with van der Waals surface area (Å²) in [5, 5.41) is 12.1. The predicted octanol–water partition coefficient (Wildman–Crippen LogP) is -0.254. The summed E-state index contributed by atoms with van der Waals surface area (Å²) in [6.07, 6.45) is 3.09. The van der Waals surface area contributed by atoms with E-state index in [0.717, 1.165) is 12.5 Å². The van der Waals surface area contributed by atoms with Crippen molar-refractivity contribution in [2.45, 2.75) is 25.0 Å². The molecule has 0 bridgehead atoms. The van der Waals surface area contributed by atoms with E-state index in [-0.39, 0.29) is 12.6 Å². The van der Waals surface area contributed by atoms with Crippen LogP contribution in [-0.2, 0) is 4.74 Å². The van der Waals surface area contributed by atoms with Crippen LogP contribution in [0, 0.1) is 5.92 Å². The van der Waals surface area contributed by atoms with Crippen LogP contribution in [0.3, 0.4) is 0 Å². The Bertz CT molecular complexity index is 128. The van der Waals surface area contributed by atoms with Crippen molar-refractivity contribution >= 4 is 0 Å². The van der Waals surface area contributed by atoms with E-state index in [1.54, 1.807) is 0 Å². The third-order valence-corrected chi connectivity index (χ3v) is 2.49. The largest absolute Gasteiger partial charge is 0.395 e. The molecule has 1 aliphatic heterocycles. The Hall–Kier alpha value is -0.120. The van der Waals surface area contributed by atoms with Gasteiger partial charge in [0.2, 0.25) is 0 Å². The van der Waals surface area contributed by atoms with Crippen molar-refractivity contribution in [1.82, 2.24) is 5.32 Å². The SMILES string of the molecule is OCC1COC(C2CC2)CN1. The average Bonchev–Trinajstić information content (AvgIpc) is 2.87. The lowest BCUT2D eigenvalue weighted by Crippen LogP contribution is -2.48. The molecule has 0 radical (unpaired) electrons. The number of morpholine rings is 1. The van der Waals surface area contributed by atoms with Gasteiger partial charge in [-0.2, -0.15) is 0 Å². The van der Waals surface area contributed by atoms with Crippen LogP contribution in [0.15, 0.2) is 0 Å². The second kappa shape index (κ2) is 3.09. The van der Waals surface area contributed by atoms with Crippen LogP contribution in [0.5, 0.6) is 0 Å². The van der Waals surface area contributed by atoms with E-state index in [2.05, 4.69) is 5.32 Å². The minimum atomic E-state index is 0.171. The summed E-state index contributed by atoms with van der Waals surface area (Å²) in [5.41, 5.74) is 0. The second-order valence-corrected chi connectivity index (χ2v) is 3.50. The van der Waals surface area contributed by atoms with E-state index in [1.165, 1.54) is 12.8 Å². The van der Waals surface area contributed by atoms with Gasteiger partial charge in [0.1, 0.15) is 0 Å². The van der Waals surface area contributed by atoms with Gasteiger partial charge in [-0.15, -0.1) is 0 Å². The van der Waals surface area contributed by atoms with Crippen LogP contribution in [0.25, 0.3) is 0 Å². The molecular formula is C8H15NO2. The van der Waals surface area contributed by atoms with E-state index in [0.29, 0.717) is 12.7 Å². The predicted molar refractivity (Wildman–Crippen MR) is 41.3 cm³/mol. The summed E-state index contributed by atoms with van der Waals surface area (Å²) >= 11 is 0. The summed E-state index contributed by atoms with van der Waals surface area (Å²) in [6.45, 7) is 1.80. The maximum atomic E-state index is 8.79. The number of aliphatic hydroxyl groups is 1. The summed E-state index contributed by atoms with van der Waals surface area (Å²) in [5.74, 6) is 0.808. The Kier molecular flexibility index (Phi) is 2.11. The van der Waals surface area contributed by atoms with E-state index >= 15 is 0 Å². The first-order chi connectivity index (χ1) is 5.40. The molecule has 0 amide bonds. The van der Waals surface area contributed by atoms with Gasteiger partial charge in [-0.05, 0) is 18.8 Å². The molecule has 1 saturated carbocycles. The maximum Gasteiger partial charge on any atom is 0.0728 e. The minimum Gasteiger partial charge on any atom is -0.395 e. The molecule has 1 saturated heterocycles. The summed E-state index contributed by atoms with van der Waals surface area (Å²) in [7, 11) is 0. The van der Waals surface area contributed by atoms with Gasteiger partial charge in [0.15, 0.2) is 0 Å². The minimum absolute atomic E-state index is 0.171. The second-order valence-electron chi connectivity index (χ2n) is 3.50. The lowest BCUT2D eigenvalue weighted by molar-refractivity contribution is -0.0191. The Morgan fingerprint density at radius 2 is 2.27 bits per heavy atom. The quantitative estimate of drug-likeness (QED) is 0.580. The van der Waals surface area contributed by atoms with Crippen LogP contribution in [0.1, 0.15) is 12.8 Å². The van der Waals surface area contributed by atoms with E-state index in [9.17, 15) is 0 Å². The Balaban J connectivity index is 1.75. The van der Waals surface area contributed by atoms with Gasteiger partial charge in [0, 0.05) is 6.54 Å². The Morgan fingerprint density at radius 1 is 1.45 bits per heavy atom. The van der Waals surface area contributed by atoms with Crippen molar-refractivity contribution in [2.75, 3.05) is 19.8 Å². The molecule has 2 aliphatic rings. The molecule has 64 valence electrons. The van der Waals surface area contributed by atoms with Crippen molar-refractivity contribution < 1.29 is 9.84 Å².